The summed E-state index contributed by atoms with van der Waals surface area (Å²) in [4.78, 5) is 30.6. The van der Waals surface area contributed by atoms with Crippen molar-refractivity contribution in [2.75, 3.05) is 28.3 Å². The summed E-state index contributed by atoms with van der Waals surface area (Å²) < 4.78 is 5.75. The SMILES string of the molecule is C=C(C1CCCOC1)N1/C(=C\C(C)C)C(=O)Nc2cc3c(cc21)C1Cc2cc(Cl)ccc2N1C3=O. The second kappa shape index (κ2) is 8.25. The van der Waals surface area contributed by atoms with Gasteiger partial charge in [-0.1, -0.05) is 38.1 Å². The van der Waals surface area contributed by atoms with Gasteiger partial charge < -0.3 is 19.9 Å². The van der Waals surface area contributed by atoms with Crippen LogP contribution in [-0.2, 0) is 16.0 Å². The first-order chi connectivity index (χ1) is 16.8. The molecule has 7 heteroatoms. The number of hydrogen-bond donors (Lipinski definition) is 1. The minimum atomic E-state index is -0.185. The van der Waals surface area contributed by atoms with E-state index >= 15 is 0 Å². The molecule has 1 N–H and O–H groups in total. The third kappa shape index (κ3) is 3.50. The van der Waals surface area contributed by atoms with E-state index in [-0.39, 0.29) is 29.7 Å². The monoisotopic (exact) mass is 489 g/mol. The number of allylic oxidation sites excluding steroid dienone is 1. The highest BCUT2D eigenvalue weighted by molar-refractivity contribution is 6.31. The lowest BCUT2D eigenvalue weighted by Gasteiger charge is -2.39. The molecule has 6 rings (SSSR count). The number of anilines is 3. The Kier molecular flexibility index (Phi) is 5.27. The first-order valence-corrected chi connectivity index (χ1v) is 12.6. The van der Waals surface area contributed by atoms with Crippen LogP contribution in [0.2, 0.25) is 5.02 Å². The van der Waals surface area contributed by atoms with Gasteiger partial charge in [-0.3, -0.25) is 9.59 Å². The third-order valence-electron chi connectivity index (χ3n) is 7.37. The standard InChI is InChI=1S/C28H28ClN3O3/c1-15(2)9-26-27(33)30-22-12-21-20(13-25(22)31(26)16(3)17-5-4-8-35-14-17)24-11-18-10-19(29)6-7-23(18)32(24)28(21)34/h6-7,9-10,12-13,15,17,24H,3-5,8,11,14H2,1-2H3,(H,30,33)/b26-9-. The molecule has 6 nitrogen and oxygen atoms in total. The van der Waals surface area contributed by atoms with Crippen LogP contribution < -0.4 is 15.1 Å². The van der Waals surface area contributed by atoms with E-state index < -0.39 is 0 Å². The quantitative estimate of drug-likeness (QED) is 0.550. The average molecular weight is 490 g/mol. The summed E-state index contributed by atoms with van der Waals surface area (Å²) in [6.07, 6.45) is 4.63. The van der Waals surface area contributed by atoms with E-state index in [9.17, 15) is 9.59 Å². The molecule has 1 fully saturated rings. The number of carbonyl (C=O) groups is 2. The molecule has 2 aromatic rings. The highest BCUT2D eigenvalue weighted by Crippen LogP contribution is 2.51. The fraction of sp³-hybridized carbons (Fsp3) is 0.357. The van der Waals surface area contributed by atoms with Crippen molar-refractivity contribution in [2.45, 2.75) is 39.2 Å². The van der Waals surface area contributed by atoms with Crippen LogP contribution >= 0.6 is 11.6 Å². The zero-order valence-corrected chi connectivity index (χ0v) is 20.7. The van der Waals surface area contributed by atoms with Gasteiger partial charge in [0.1, 0.15) is 5.70 Å². The Labute approximate surface area is 210 Å². The van der Waals surface area contributed by atoms with Gasteiger partial charge in [0.15, 0.2) is 0 Å². The second-order valence-electron chi connectivity index (χ2n) is 10.1. The first kappa shape index (κ1) is 22.4. The number of nitrogens with zero attached hydrogens (tertiary/aromatic N) is 2. The molecule has 2 amide bonds. The molecular weight excluding hydrogens is 462 g/mol. The summed E-state index contributed by atoms with van der Waals surface area (Å²) in [7, 11) is 0. The van der Waals surface area contributed by atoms with Crippen LogP contribution in [0, 0.1) is 11.8 Å². The molecule has 35 heavy (non-hydrogen) atoms. The van der Waals surface area contributed by atoms with Crippen LogP contribution in [0.15, 0.2) is 54.4 Å². The highest BCUT2D eigenvalue weighted by Gasteiger charge is 2.45. The van der Waals surface area contributed by atoms with Crippen molar-refractivity contribution in [2.24, 2.45) is 11.8 Å². The van der Waals surface area contributed by atoms with Gasteiger partial charge in [-0.2, -0.15) is 0 Å². The molecule has 0 bridgehead atoms. The van der Waals surface area contributed by atoms with Crippen molar-refractivity contribution in [1.82, 2.24) is 0 Å². The smallest absolute Gasteiger partial charge is 0.272 e. The van der Waals surface area contributed by atoms with Crippen molar-refractivity contribution in [1.29, 1.82) is 0 Å². The fourth-order valence-corrected chi connectivity index (χ4v) is 5.97. The number of carbonyl (C=O) groups excluding carboxylic acids is 2. The van der Waals surface area contributed by atoms with E-state index in [1.165, 1.54) is 0 Å². The predicted molar refractivity (Wildman–Crippen MR) is 138 cm³/mol. The Morgan fingerprint density at radius 2 is 2.06 bits per heavy atom. The van der Waals surface area contributed by atoms with Gasteiger partial charge >= 0.3 is 0 Å². The molecule has 2 aromatic carbocycles. The molecule has 2 unspecified atom stereocenters. The van der Waals surface area contributed by atoms with Crippen molar-refractivity contribution < 1.29 is 14.3 Å². The van der Waals surface area contributed by atoms with E-state index in [1.54, 1.807) is 0 Å². The van der Waals surface area contributed by atoms with E-state index in [1.807, 2.05) is 40.1 Å². The van der Waals surface area contributed by atoms with Gasteiger partial charge in [-0.15, -0.1) is 0 Å². The molecule has 0 aliphatic carbocycles. The van der Waals surface area contributed by atoms with Crippen molar-refractivity contribution in [3.05, 3.63) is 76.1 Å². The van der Waals surface area contributed by atoms with Crippen molar-refractivity contribution in [3.63, 3.8) is 0 Å². The number of nitrogens with one attached hydrogen (secondary N) is 1. The zero-order chi connectivity index (χ0) is 24.4. The number of benzene rings is 2. The van der Waals surface area contributed by atoms with Crippen LogP contribution in [0.3, 0.4) is 0 Å². The lowest BCUT2D eigenvalue weighted by molar-refractivity contribution is -0.113. The minimum Gasteiger partial charge on any atom is -0.381 e. The van der Waals surface area contributed by atoms with E-state index in [4.69, 9.17) is 16.3 Å². The minimum absolute atomic E-state index is 0.0438. The molecule has 0 aromatic heterocycles. The molecule has 180 valence electrons. The van der Waals surface area contributed by atoms with Gasteiger partial charge in [0.25, 0.3) is 11.8 Å². The van der Waals surface area contributed by atoms with E-state index in [0.717, 1.165) is 47.6 Å². The summed E-state index contributed by atoms with van der Waals surface area (Å²) in [6.45, 7) is 9.91. The Morgan fingerprint density at radius 3 is 2.80 bits per heavy atom. The molecule has 4 heterocycles. The Morgan fingerprint density at radius 1 is 1.23 bits per heavy atom. The second-order valence-corrected chi connectivity index (χ2v) is 10.6. The number of halogens is 1. The zero-order valence-electron chi connectivity index (χ0n) is 19.9. The van der Waals surface area contributed by atoms with Gasteiger partial charge in [-0.05, 0) is 66.6 Å². The third-order valence-corrected chi connectivity index (χ3v) is 7.61. The summed E-state index contributed by atoms with van der Waals surface area (Å²) in [5.74, 6) is 0.0748. The van der Waals surface area contributed by atoms with Crippen molar-refractivity contribution >= 4 is 40.5 Å². The predicted octanol–water partition coefficient (Wildman–Crippen LogP) is 5.84. The normalized spacial score (nSPS) is 23.8. The fourth-order valence-electron chi connectivity index (χ4n) is 5.78. The molecule has 0 radical (unpaired) electrons. The number of hydrogen-bond acceptors (Lipinski definition) is 4. The van der Waals surface area contributed by atoms with Crippen LogP contribution in [0.25, 0.3) is 0 Å². The van der Waals surface area contributed by atoms with E-state index in [0.29, 0.717) is 35.0 Å². The molecule has 4 aliphatic rings. The maximum atomic E-state index is 13.5. The molecule has 2 atom stereocenters. The van der Waals surface area contributed by atoms with Gasteiger partial charge in [0.05, 0.1) is 24.0 Å². The Balaban J connectivity index is 1.47. The molecule has 0 spiro atoms. The maximum Gasteiger partial charge on any atom is 0.272 e. The lowest BCUT2D eigenvalue weighted by atomic mass is 9.93. The summed E-state index contributed by atoms with van der Waals surface area (Å²) >= 11 is 6.23. The van der Waals surface area contributed by atoms with Gasteiger partial charge in [0, 0.05) is 34.5 Å². The largest absolute Gasteiger partial charge is 0.381 e. The summed E-state index contributed by atoms with van der Waals surface area (Å²) in [6, 6.07) is 9.52. The molecule has 1 saturated heterocycles. The van der Waals surface area contributed by atoms with Gasteiger partial charge in [-0.25, -0.2) is 0 Å². The molecule has 0 saturated carbocycles. The molecular formula is C28H28ClN3O3. The lowest BCUT2D eigenvalue weighted by Crippen LogP contribution is -2.39. The number of amides is 2. The van der Waals surface area contributed by atoms with Crippen LogP contribution in [-0.4, -0.2) is 25.0 Å². The summed E-state index contributed by atoms with van der Waals surface area (Å²) in [5, 5.41) is 3.71. The van der Waals surface area contributed by atoms with Crippen LogP contribution in [0.1, 0.15) is 54.2 Å². The van der Waals surface area contributed by atoms with E-state index in [2.05, 4.69) is 31.8 Å². The summed E-state index contributed by atoms with van der Waals surface area (Å²) in [5.41, 5.74) is 6.52. The average Bonchev–Trinajstić information content (AvgIpc) is 3.33. The van der Waals surface area contributed by atoms with Gasteiger partial charge in [0.2, 0.25) is 0 Å². The Hall–Kier alpha value is -3.09. The maximum absolute atomic E-state index is 13.5. The Bertz CT molecular complexity index is 1310. The number of ether oxygens (including phenoxy) is 1. The number of fused-ring (bicyclic) bond motifs is 6. The highest BCUT2D eigenvalue weighted by atomic mass is 35.5. The van der Waals surface area contributed by atoms with Crippen LogP contribution in [0.4, 0.5) is 17.1 Å². The van der Waals surface area contributed by atoms with Crippen LogP contribution in [0.5, 0.6) is 0 Å². The first-order valence-electron chi connectivity index (χ1n) is 12.2. The van der Waals surface area contributed by atoms with Crippen molar-refractivity contribution in [3.8, 4) is 0 Å². The molecule has 4 aliphatic heterocycles. The number of rotatable bonds is 3. The topological polar surface area (TPSA) is 61.9 Å².